The van der Waals surface area contributed by atoms with Crippen LogP contribution < -0.4 is 0 Å². The van der Waals surface area contributed by atoms with Crippen LogP contribution in [0.15, 0.2) is 24.3 Å². The van der Waals surface area contributed by atoms with Gasteiger partial charge in [-0.15, -0.1) is 0 Å². The lowest BCUT2D eigenvalue weighted by Gasteiger charge is -2.20. The molecule has 0 radical (unpaired) electrons. The Morgan fingerprint density at radius 1 is 0.435 bits per heavy atom. The van der Waals surface area contributed by atoms with Gasteiger partial charge in [0.1, 0.15) is 13.5 Å². The molecule has 0 aliphatic rings. The number of esters is 2. The number of carbonyl (C=O) groups is 2. The summed E-state index contributed by atoms with van der Waals surface area (Å²) in [6.45, 7) is 12.9. The number of ether oxygens (including phenoxy) is 2. The lowest BCUT2D eigenvalue weighted by Crippen LogP contribution is -2.29. The van der Waals surface area contributed by atoms with E-state index in [9.17, 15) is 9.59 Å². The van der Waals surface area contributed by atoms with Gasteiger partial charge in [0.2, 0.25) is 0 Å². The van der Waals surface area contributed by atoms with Gasteiger partial charge in [-0.25, -0.2) is 9.59 Å². The molecule has 0 bridgehead atoms. The maximum Gasteiger partial charge on any atom is 0.339 e. The number of hydrogen-bond acceptors (Lipinski definition) is 6. The van der Waals surface area contributed by atoms with Crippen molar-refractivity contribution in [3.8, 4) is 0 Å². The average molecular weight is 645 g/mol. The van der Waals surface area contributed by atoms with E-state index in [0.717, 1.165) is 39.0 Å². The lowest BCUT2D eigenvalue weighted by atomic mass is 10.1. The fourth-order valence-electron chi connectivity index (χ4n) is 5.84. The Kier molecular flexibility index (Phi) is 27.8. The Morgan fingerprint density at radius 3 is 0.957 bits per heavy atom. The molecule has 1 aromatic carbocycles. The smallest absolute Gasteiger partial charge is 0.339 e. The standard InChI is InChI=1S/C40H72N2O4/c1-5-9-11-13-15-17-19-21-23-25-27-33-41(7-3)35-45-39(43)37-29-31-38(32-30-37)40(44)46-36-42(8-4)34-28-26-24-22-20-18-16-14-12-10-6-2/h29-32H,5-28,33-36H2,1-4H3. The van der Waals surface area contributed by atoms with Gasteiger partial charge >= 0.3 is 11.9 Å². The molecule has 1 rings (SSSR count). The van der Waals surface area contributed by atoms with E-state index in [-0.39, 0.29) is 11.9 Å². The summed E-state index contributed by atoms with van der Waals surface area (Å²) in [5, 5.41) is 0. The van der Waals surface area contributed by atoms with Gasteiger partial charge < -0.3 is 9.47 Å². The quantitative estimate of drug-likeness (QED) is 0.0442. The molecule has 0 amide bonds. The third-order valence-electron chi connectivity index (χ3n) is 9.16. The highest BCUT2D eigenvalue weighted by atomic mass is 16.5. The van der Waals surface area contributed by atoms with Crippen LogP contribution in [0.5, 0.6) is 0 Å². The molecular formula is C40H72N2O4. The molecule has 0 saturated carbocycles. The third-order valence-corrected chi connectivity index (χ3v) is 9.16. The van der Waals surface area contributed by atoms with Crippen molar-refractivity contribution in [3.63, 3.8) is 0 Å². The van der Waals surface area contributed by atoms with Crippen LogP contribution in [0.25, 0.3) is 0 Å². The van der Waals surface area contributed by atoms with Crippen molar-refractivity contribution in [1.29, 1.82) is 0 Å². The van der Waals surface area contributed by atoms with Gasteiger partial charge in [-0.2, -0.15) is 0 Å². The first-order valence-corrected chi connectivity index (χ1v) is 19.4. The minimum Gasteiger partial charge on any atom is -0.446 e. The lowest BCUT2D eigenvalue weighted by molar-refractivity contribution is 0.0211. The highest BCUT2D eigenvalue weighted by molar-refractivity contribution is 5.93. The van der Waals surface area contributed by atoms with Gasteiger partial charge in [0.25, 0.3) is 0 Å². The molecular weight excluding hydrogens is 572 g/mol. The van der Waals surface area contributed by atoms with Crippen LogP contribution in [-0.2, 0) is 9.47 Å². The van der Waals surface area contributed by atoms with Gasteiger partial charge in [0, 0.05) is 13.1 Å². The fourth-order valence-corrected chi connectivity index (χ4v) is 5.84. The van der Waals surface area contributed by atoms with Crippen molar-refractivity contribution in [2.45, 2.75) is 169 Å². The fraction of sp³-hybridized carbons (Fsp3) is 0.800. The molecule has 6 nitrogen and oxygen atoms in total. The van der Waals surface area contributed by atoms with Crippen LogP contribution in [0.3, 0.4) is 0 Å². The zero-order valence-corrected chi connectivity index (χ0v) is 30.6. The first-order chi connectivity index (χ1) is 22.5. The molecule has 0 unspecified atom stereocenters. The van der Waals surface area contributed by atoms with Crippen LogP contribution in [-0.4, -0.2) is 61.4 Å². The van der Waals surface area contributed by atoms with E-state index in [1.165, 1.54) is 128 Å². The van der Waals surface area contributed by atoms with Crippen molar-refractivity contribution < 1.29 is 19.1 Å². The van der Waals surface area contributed by atoms with Gasteiger partial charge in [-0.3, -0.25) is 9.80 Å². The van der Waals surface area contributed by atoms with Crippen LogP contribution >= 0.6 is 0 Å². The topological polar surface area (TPSA) is 59.1 Å². The van der Waals surface area contributed by atoms with E-state index in [2.05, 4.69) is 37.5 Å². The van der Waals surface area contributed by atoms with Crippen molar-refractivity contribution in [2.75, 3.05) is 39.6 Å². The Labute approximate surface area is 284 Å². The molecule has 0 atom stereocenters. The molecule has 0 aromatic heterocycles. The number of rotatable bonds is 32. The van der Waals surface area contributed by atoms with Crippen molar-refractivity contribution >= 4 is 11.9 Å². The summed E-state index contributed by atoms with van der Waals surface area (Å²) in [6.07, 6.45) is 29.2. The van der Waals surface area contributed by atoms with Gasteiger partial charge in [-0.1, -0.05) is 156 Å². The molecule has 0 saturated heterocycles. The molecule has 0 fully saturated rings. The van der Waals surface area contributed by atoms with Crippen molar-refractivity contribution in [1.82, 2.24) is 9.80 Å². The number of nitrogens with zero attached hydrogens (tertiary/aromatic N) is 2. The SMILES string of the molecule is CCCCCCCCCCCCCN(CC)COC(=O)c1ccc(C(=O)OCN(CC)CCCCCCCCCCCCC)cc1. The largest absolute Gasteiger partial charge is 0.446 e. The molecule has 266 valence electrons. The van der Waals surface area contributed by atoms with Crippen molar-refractivity contribution in [2.24, 2.45) is 0 Å². The summed E-state index contributed by atoms with van der Waals surface area (Å²) < 4.78 is 11.2. The minimum absolute atomic E-state index is 0.295. The summed E-state index contributed by atoms with van der Waals surface area (Å²) in [7, 11) is 0. The Hall–Kier alpha value is -1.92. The predicted octanol–water partition coefficient (Wildman–Crippen LogP) is 11.2. The van der Waals surface area contributed by atoms with Crippen LogP contribution in [0.1, 0.15) is 190 Å². The minimum atomic E-state index is -0.360. The monoisotopic (exact) mass is 645 g/mol. The Balaban J connectivity index is 2.19. The second-order valence-corrected chi connectivity index (χ2v) is 13.2. The maximum absolute atomic E-state index is 12.6. The highest BCUT2D eigenvalue weighted by Gasteiger charge is 2.14. The second-order valence-electron chi connectivity index (χ2n) is 13.2. The number of benzene rings is 1. The van der Waals surface area contributed by atoms with Gasteiger partial charge in [0.15, 0.2) is 0 Å². The molecule has 0 heterocycles. The second kappa shape index (κ2) is 30.4. The van der Waals surface area contributed by atoms with Crippen LogP contribution in [0.4, 0.5) is 0 Å². The molecule has 0 aliphatic carbocycles. The van der Waals surface area contributed by atoms with Gasteiger partial charge in [-0.05, 0) is 50.2 Å². The molecule has 6 heteroatoms. The molecule has 0 N–H and O–H groups in total. The van der Waals surface area contributed by atoms with Crippen LogP contribution in [0.2, 0.25) is 0 Å². The zero-order valence-electron chi connectivity index (χ0n) is 30.6. The maximum atomic E-state index is 12.6. The van der Waals surface area contributed by atoms with Crippen LogP contribution in [0, 0.1) is 0 Å². The van der Waals surface area contributed by atoms with Crippen molar-refractivity contribution in [3.05, 3.63) is 35.4 Å². The van der Waals surface area contributed by atoms with E-state index < -0.39 is 0 Å². The van der Waals surface area contributed by atoms with E-state index >= 15 is 0 Å². The number of unbranched alkanes of at least 4 members (excludes halogenated alkanes) is 20. The zero-order chi connectivity index (χ0) is 33.5. The van der Waals surface area contributed by atoms with E-state index in [1.54, 1.807) is 24.3 Å². The summed E-state index contributed by atoms with van der Waals surface area (Å²) >= 11 is 0. The first kappa shape index (κ1) is 42.1. The van der Waals surface area contributed by atoms with E-state index in [0.29, 0.717) is 24.6 Å². The summed E-state index contributed by atoms with van der Waals surface area (Å²) in [5.74, 6) is -0.720. The Morgan fingerprint density at radius 2 is 0.696 bits per heavy atom. The number of hydrogen-bond donors (Lipinski definition) is 0. The average Bonchev–Trinajstić information content (AvgIpc) is 3.08. The predicted molar refractivity (Wildman–Crippen MR) is 194 cm³/mol. The Bertz CT molecular complexity index is 775. The normalized spacial score (nSPS) is 11.4. The third kappa shape index (κ3) is 22.6. The molecule has 46 heavy (non-hydrogen) atoms. The molecule has 0 spiro atoms. The summed E-state index contributed by atoms with van der Waals surface area (Å²) in [6, 6.07) is 6.62. The number of carbonyl (C=O) groups excluding carboxylic acids is 2. The summed E-state index contributed by atoms with van der Waals surface area (Å²) in [5.41, 5.74) is 0.906. The summed E-state index contributed by atoms with van der Waals surface area (Å²) in [4.78, 5) is 29.6. The van der Waals surface area contributed by atoms with E-state index in [4.69, 9.17) is 9.47 Å². The van der Waals surface area contributed by atoms with E-state index in [1.807, 2.05) is 0 Å². The first-order valence-electron chi connectivity index (χ1n) is 19.4. The highest BCUT2D eigenvalue weighted by Crippen LogP contribution is 2.14. The molecule has 1 aromatic rings. The van der Waals surface area contributed by atoms with Gasteiger partial charge in [0.05, 0.1) is 11.1 Å². The molecule has 0 aliphatic heterocycles.